The zero-order valence-electron chi connectivity index (χ0n) is 12.4. The largest absolute Gasteiger partial charge is 0.316 e. The number of nitrogens with one attached hydrogen (secondary N) is 1. The van der Waals surface area contributed by atoms with E-state index in [0.717, 1.165) is 25.4 Å². The summed E-state index contributed by atoms with van der Waals surface area (Å²) in [6, 6.07) is 2.24. The molecule has 0 radical (unpaired) electrons. The van der Waals surface area contributed by atoms with Gasteiger partial charge in [-0.2, -0.15) is 0 Å². The molecule has 0 atom stereocenters. The molecular weight excluding hydrogens is 386 g/mol. The van der Waals surface area contributed by atoms with E-state index in [1.807, 2.05) is 0 Å². The third kappa shape index (κ3) is 7.26. The van der Waals surface area contributed by atoms with Crippen molar-refractivity contribution in [1.82, 2.24) is 5.32 Å². The van der Waals surface area contributed by atoms with Crippen LogP contribution < -0.4 is 5.32 Å². The van der Waals surface area contributed by atoms with Crippen LogP contribution in [0.3, 0.4) is 0 Å². The molecule has 0 aliphatic carbocycles. The summed E-state index contributed by atoms with van der Waals surface area (Å²) in [5, 5.41) is 3.54. The molecule has 1 aromatic rings. The maximum atomic E-state index is 3.64. The van der Waals surface area contributed by atoms with Gasteiger partial charge >= 0.3 is 0 Å². The van der Waals surface area contributed by atoms with Crippen molar-refractivity contribution in [3.05, 3.63) is 19.2 Å². The number of aryl methyl sites for hydroxylation is 1. The van der Waals surface area contributed by atoms with Crippen LogP contribution in [-0.4, -0.2) is 13.1 Å². The summed E-state index contributed by atoms with van der Waals surface area (Å²) < 4.78 is 2.49. The number of halogens is 2. The van der Waals surface area contributed by atoms with E-state index < -0.39 is 0 Å². The summed E-state index contributed by atoms with van der Waals surface area (Å²) in [6.45, 7) is 11.5. The quantitative estimate of drug-likeness (QED) is 0.528. The molecule has 0 aliphatic rings. The van der Waals surface area contributed by atoms with Crippen molar-refractivity contribution in [3.63, 3.8) is 0 Å². The summed E-state index contributed by atoms with van der Waals surface area (Å²) in [5.41, 5.74) is 1.83. The molecule has 4 heteroatoms. The van der Waals surface area contributed by atoms with Gasteiger partial charge in [-0.25, -0.2) is 0 Å². The van der Waals surface area contributed by atoms with Crippen LogP contribution in [-0.2, 0) is 6.42 Å². The van der Waals surface area contributed by atoms with Gasteiger partial charge in [-0.05, 0) is 87.2 Å². The van der Waals surface area contributed by atoms with Gasteiger partial charge in [0.25, 0.3) is 0 Å². The summed E-state index contributed by atoms with van der Waals surface area (Å²) in [4.78, 5) is 0. The average Bonchev–Trinajstić information content (AvgIpc) is 2.61. The molecule has 1 aromatic heterocycles. The predicted octanol–water partition coefficient (Wildman–Crippen LogP) is 5.87. The standard InChI is InChI=1S/C15H25Br2NS/c1-11(2)10-18-8-7-15(3,4)6-5-12-9-13(16)19-14(12)17/h9,11,18H,5-8,10H2,1-4H3. The molecule has 0 bridgehead atoms. The summed E-state index contributed by atoms with van der Waals surface area (Å²) in [6.07, 6.45) is 3.63. The van der Waals surface area contributed by atoms with Crippen molar-refractivity contribution < 1.29 is 0 Å². The van der Waals surface area contributed by atoms with Gasteiger partial charge in [0, 0.05) is 0 Å². The first kappa shape index (κ1) is 17.7. The first-order valence-corrected chi connectivity index (χ1v) is 9.35. The average molecular weight is 411 g/mol. The topological polar surface area (TPSA) is 12.0 Å². The second-order valence-corrected chi connectivity index (χ2v) is 10.1. The van der Waals surface area contributed by atoms with Gasteiger partial charge in [-0.15, -0.1) is 11.3 Å². The van der Waals surface area contributed by atoms with Crippen molar-refractivity contribution in [2.45, 2.75) is 47.0 Å². The molecule has 1 heterocycles. The van der Waals surface area contributed by atoms with E-state index in [0.29, 0.717) is 5.41 Å². The van der Waals surface area contributed by atoms with E-state index in [-0.39, 0.29) is 0 Å². The molecule has 0 fully saturated rings. The number of hydrogen-bond acceptors (Lipinski definition) is 2. The fourth-order valence-electron chi connectivity index (χ4n) is 1.96. The molecule has 0 amide bonds. The van der Waals surface area contributed by atoms with Crippen molar-refractivity contribution >= 4 is 43.2 Å². The smallest absolute Gasteiger partial charge is 0.0742 e. The van der Waals surface area contributed by atoms with Gasteiger partial charge in [0.1, 0.15) is 0 Å². The lowest BCUT2D eigenvalue weighted by Crippen LogP contribution is -2.25. The highest BCUT2D eigenvalue weighted by Crippen LogP contribution is 2.35. The lowest BCUT2D eigenvalue weighted by molar-refractivity contribution is 0.300. The Balaban J connectivity index is 2.32. The van der Waals surface area contributed by atoms with Crippen LogP contribution in [0.4, 0.5) is 0 Å². The Bertz CT molecular complexity index is 385. The molecule has 19 heavy (non-hydrogen) atoms. The SMILES string of the molecule is CC(C)CNCCC(C)(C)CCc1cc(Br)sc1Br. The maximum absolute atomic E-state index is 3.64. The van der Waals surface area contributed by atoms with E-state index in [1.165, 1.54) is 26.0 Å². The molecule has 110 valence electrons. The summed E-state index contributed by atoms with van der Waals surface area (Å²) >= 11 is 8.95. The molecule has 1 nitrogen and oxygen atoms in total. The van der Waals surface area contributed by atoms with Gasteiger partial charge in [0.05, 0.1) is 7.57 Å². The molecule has 0 unspecified atom stereocenters. The lowest BCUT2D eigenvalue weighted by Gasteiger charge is -2.25. The Kier molecular flexibility index (Phi) is 7.59. The van der Waals surface area contributed by atoms with Crippen molar-refractivity contribution in [2.24, 2.45) is 11.3 Å². The van der Waals surface area contributed by atoms with Crippen LogP contribution in [0.15, 0.2) is 13.6 Å². The molecule has 0 saturated heterocycles. The second kappa shape index (κ2) is 8.16. The van der Waals surface area contributed by atoms with Crippen LogP contribution in [0.5, 0.6) is 0 Å². The highest BCUT2D eigenvalue weighted by Gasteiger charge is 2.18. The highest BCUT2D eigenvalue weighted by molar-refractivity contribution is 9.12. The zero-order valence-corrected chi connectivity index (χ0v) is 16.3. The molecule has 0 aliphatic heterocycles. The van der Waals surface area contributed by atoms with Gasteiger partial charge in [0.2, 0.25) is 0 Å². The van der Waals surface area contributed by atoms with E-state index in [4.69, 9.17) is 0 Å². The minimum absolute atomic E-state index is 0.401. The predicted molar refractivity (Wildman–Crippen MR) is 94.1 cm³/mol. The van der Waals surface area contributed by atoms with E-state index in [2.05, 4.69) is 70.9 Å². The summed E-state index contributed by atoms with van der Waals surface area (Å²) in [7, 11) is 0. The van der Waals surface area contributed by atoms with Crippen LogP contribution in [0.2, 0.25) is 0 Å². The van der Waals surface area contributed by atoms with Crippen LogP contribution in [0.25, 0.3) is 0 Å². The normalized spacial score (nSPS) is 12.4. The highest BCUT2D eigenvalue weighted by atomic mass is 79.9. The minimum atomic E-state index is 0.401. The first-order valence-electron chi connectivity index (χ1n) is 6.94. The van der Waals surface area contributed by atoms with Crippen LogP contribution >= 0.6 is 43.2 Å². The molecule has 0 saturated carbocycles. The molecule has 1 N–H and O–H groups in total. The molecule has 1 rings (SSSR count). The van der Waals surface area contributed by atoms with Gasteiger partial charge < -0.3 is 5.32 Å². The first-order chi connectivity index (χ1) is 8.80. The Morgan fingerprint density at radius 1 is 1.26 bits per heavy atom. The second-order valence-electron chi connectivity index (χ2n) is 6.36. The zero-order chi connectivity index (χ0) is 14.5. The summed E-state index contributed by atoms with van der Waals surface area (Å²) in [5.74, 6) is 0.738. The fourth-order valence-corrected chi connectivity index (χ4v) is 4.87. The number of hydrogen-bond donors (Lipinski definition) is 1. The lowest BCUT2D eigenvalue weighted by atomic mass is 9.83. The molecule has 0 aromatic carbocycles. The Labute approximate surface area is 138 Å². The van der Waals surface area contributed by atoms with E-state index in [1.54, 1.807) is 11.3 Å². The minimum Gasteiger partial charge on any atom is -0.316 e. The Morgan fingerprint density at radius 3 is 2.47 bits per heavy atom. The molecular formula is C15H25Br2NS. The maximum Gasteiger partial charge on any atom is 0.0742 e. The Morgan fingerprint density at radius 2 is 1.95 bits per heavy atom. The van der Waals surface area contributed by atoms with Crippen LogP contribution in [0, 0.1) is 11.3 Å². The van der Waals surface area contributed by atoms with E-state index in [9.17, 15) is 0 Å². The van der Waals surface area contributed by atoms with Crippen LogP contribution in [0.1, 0.15) is 46.1 Å². The van der Waals surface area contributed by atoms with Gasteiger partial charge in [-0.1, -0.05) is 27.7 Å². The fraction of sp³-hybridized carbons (Fsp3) is 0.733. The van der Waals surface area contributed by atoms with Crippen molar-refractivity contribution in [3.8, 4) is 0 Å². The number of thiophene rings is 1. The third-order valence-corrected chi connectivity index (χ3v) is 5.79. The number of rotatable bonds is 8. The molecule has 0 spiro atoms. The van der Waals surface area contributed by atoms with Crippen molar-refractivity contribution in [1.29, 1.82) is 0 Å². The van der Waals surface area contributed by atoms with Gasteiger partial charge in [0.15, 0.2) is 0 Å². The van der Waals surface area contributed by atoms with Crippen molar-refractivity contribution in [2.75, 3.05) is 13.1 Å². The van der Waals surface area contributed by atoms with Gasteiger partial charge in [-0.3, -0.25) is 0 Å². The Hall–Kier alpha value is 0.620. The monoisotopic (exact) mass is 409 g/mol. The van der Waals surface area contributed by atoms with E-state index >= 15 is 0 Å². The third-order valence-electron chi connectivity index (χ3n) is 3.33.